The van der Waals surface area contributed by atoms with E-state index < -0.39 is 41.5 Å². The van der Waals surface area contributed by atoms with Crippen molar-refractivity contribution in [2.45, 2.75) is 43.9 Å². The second-order valence-electron chi connectivity index (χ2n) is 13.3. The predicted octanol–water partition coefficient (Wildman–Crippen LogP) is 5.15. The molecule has 1 aliphatic carbocycles. The Morgan fingerprint density at radius 3 is 1.81 bits per heavy atom. The first kappa shape index (κ1) is 45.3. The lowest BCUT2D eigenvalue weighted by atomic mass is 9.90. The van der Waals surface area contributed by atoms with Crippen LogP contribution in [0.2, 0.25) is 5.02 Å². The average molecular weight is 845 g/mol. The van der Waals surface area contributed by atoms with Gasteiger partial charge in [-0.05, 0) is 69.1 Å². The molecule has 6 rings (SSSR count). The number of hydrogen-bond donors (Lipinski definition) is 6. The summed E-state index contributed by atoms with van der Waals surface area (Å²) in [5, 5.41) is 39.8. The molecule has 1 amide bonds. The van der Waals surface area contributed by atoms with E-state index in [2.05, 4.69) is 32.1 Å². The Kier molecular flexibility index (Phi) is 15.6. The second kappa shape index (κ2) is 20.4. The number of aromatic nitrogens is 4. The Hall–Kier alpha value is -6.38. The van der Waals surface area contributed by atoms with Crippen molar-refractivity contribution in [1.29, 1.82) is 0 Å². The van der Waals surface area contributed by atoms with Crippen LogP contribution in [-0.2, 0) is 25.4 Å². The maximum absolute atomic E-state index is 12.9. The minimum absolute atomic E-state index is 0.0742. The number of likely N-dealkylation sites (N-methyl/N-ethyl adjacent to an activating group) is 1. The molecule has 2 aromatic heterocycles. The number of amides is 1. The second-order valence-corrected chi connectivity index (χ2v) is 13.7. The Morgan fingerprint density at radius 2 is 1.32 bits per heavy atom. The summed E-state index contributed by atoms with van der Waals surface area (Å²) in [5.41, 5.74) is 7.82. The first-order valence-electron chi connectivity index (χ1n) is 17.8. The number of hydrogen-bond acceptors (Lipinski definition) is 11. The van der Waals surface area contributed by atoms with Crippen molar-refractivity contribution in [1.82, 2.24) is 29.5 Å². The summed E-state index contributed by atoms with van der Waals surface area (Å²) in [6.45, 7) is 4.41. The Balaban J connectivity index is 0.000000406. The van der Waals surface area contributed by atoms with Crippen LogP contribution >= 0.6 is 11.6 Å². The van der Waals surface area contributed by atoms with Gasteiger partial charge in [-0.25, -0.2) is 33.8 Å². The average Bonchev–Trinajstić information content (AvgIpc) is 3.59. The zero-order valence-electron chi connectivity index (χ0n) is 31.3. The number of rotatable bonds is 9. The lowest BCUT2D eigenvalue weighted by Crippen LogP contribution is -2.49. The lowest BCUT2D eigenvalue weighted by molar-refractivity contribution is -0.137. The normalized spacial score (nSPS) is 17.4. The highest BCUT2D eigenvalue weighted by Crippen LogP contribution is 2.38. The highest BCUT2D eigenvalue weighted by atomic mass is 35.5. The monoisotopic (exact) mass is 844 g/mol. The number of nitrogens with zero attached hydrogens (tertiary/aromatic N) is 6. The fourth-order valence-electron chi connectivity index (χ4n) is 6.36. The van der Waals surface area contributed by atoms with Crippen LogP contribution < -0.4 is 11.1 Å². The van der Waals surface area contributed by atoms with E-state index in [9.17, 15) is 37.1 Å². The van der Waals surface area contributed by atoms with Gasteiger partial charge in [-0.2, -0.15) is 18.3 Å². The van der Waals surface area contributed by atoms with Crippen LogP contribution in [0.15, 0.2) is 73.1 Å². The van der Waals surface area contributed by atoms with Crippen molar-refractivity contribution in [2.24, 2.45) is 0 Å². The van der Waals surface area contributed by atoms with Crippen molar-refractivity contribution >= 4 is 63.9 Å². The quantitative estimate of drug-likeness (QED) is 0.119. The third-order valence-electron chi connectivity index (χ3n) is 9.29. The maximum atomic E-state index is 12.9. The first-order valence-corrected chi connectivity index (χ1v) is 18.2. The summed E-state index contributed by atoms with van der Waals surface area (Å²) in [6, 6.07) is 9.80. The highest BCUT2D eigenvalue weighted by Gasteiger charge is 2.32. The van der Waals surface area contributed by atoms with Gasteiger partial charge in [0.2, 0.25) is 0 Å². The van der Waals surface area contributed by atoms with Gasteiger partial charge in [0.25, 0.3) is 5.91 Å². The zero-order chi connectivity index (χ0) is 43.4. The SMILES string of the molecule is CN1CCN(C2CCC(n3nc(-c4ccc(NC(=O)c5ccc(C(F)(F)F)cc5)c(Cl)c4)c4c(N)ncnc43)CC2)CC1.O=C(O)/C=C\C(=O)O.O=C(O)/C=C\C(=O)O. The molecule has 0 bridgehead atoms. The molecule has 1 saturated heterocycles. The number of piperazine rings is 1. The summed E-state index contributed by atoms with van der Waals surface area (Å²) in [5.74, 6) is -5.30. The number of nitrogens with two attached hydrogens (primary N) is 1. The van der Waals surface area contributed by atoms with Crippen LogP contribution in [0.4, 0.5) is 24.7 Å². The number of fused-ring (bicyclic) bond motifs is 1. The molecule has 4 aromatic rings. The zero-order valence-corrected chi connectivity index (χ0v) is 32.1. The molecule has 0 radical (unpaired) electrons. The van der Waals surface area contributed by atoms with E-state index in [0.29, 0.717) is 64.1 Å². The topological polar surface area (TPSA) is 254 Å². The van der Waals surface area contributed by atoms with E-state index in [1.54, 1.807) is 18.2 Å². The smallest absolute Gasteiger partial charge is 0.416 e. The minimum atomic E-state index is -4.48. The van der Waals surface area contributed by atoms with E-state index in [1.165, 1.54) is 6.33 Å². The molecule has 0 atom stereocenters. The summed E-state index contributed by atoms with van der Waals surface area (Å²) >= 11 is 6.57. The molecule has 3 heterocycles. The molecule has 2 aromatic carbocycles. The van der Waals surface area contributed by atoms with E-state index in [1.807, 2.05) is 4.68 Å². The fraction of sp³-hybridized carbons (Fsp3) is 0.316. The van der Waals surface area contributed by atoms with Gasteiger partial charge in [0.15, 0.2) is 5.65 Å². The van der Waals surface area contributed by atoms with Gasteiger partial charge in [0.1, 0.15) is 17.8 Å². The van der Waals surface area contributed by atoms with Crippen LogP contribution in [0, 0.1) is 0 Å². The molecule has 0 unspecified atom stereocenters. The standard InChI is InChI=1S/C30H32ClF3N8O.2C4H4O4/c1-40-12-14-41(15-13-40)21-7-9-22(10-8-21)42-28-25(27(35)36-17-37-28)26(39-42)19-4-11-24(23(31)16-19)38-29(43)18-2-5-20(6-3-18)30(32,33)34;2*5-3(6)1-2-4(7)8/h2-6,11,16-17,21-22H,7-10,12-15H2,1H3,(H,38,43)(H2,35,36,37);2*1-2H,(H,5,6)(H,7,8)/b;2*2-1-. The maximum Gasteiger partial charge on any atom is 0.416 e. The third-order valence-corrected chi connectivity index (χ3v) is 9.60. The van der Waals surface area contributed by atoms with Crippen LogP contribution in [0.1, 0.15) is 47.6 Å². The Labute approximate surface area is 339 Å². The van der Waals surface area contributed by atoms with Crippen LogP contribution in [0.3, 0.4) is 0 Å². The molecule has 7 N–H and O–H groups in total. The molecular weight excluding hydrogens is 805 g/mol. The summed E-state index contributed by atoms with van der Waals surface area (Å²) in [7, 11) is 2.17. The van der Waals surface area contributed by atoms with Crippen molar-refractivity contribution in [2.75, 3.05) is 44.3 Å². The van der Waals surface area contributed by atoms with Gasteiger partial charge in [-0.15, -0.1) is 0 Å². The van der Waals surface area contributed by atoms with Crippen molar-refractivity contribution < 1.29 is 57.6 Å². The molecule has 17 nitrogen and oxygen atoms in total. The van der Waals surface area contributed by atoms with E-state index >= 15 is 0 Å². The van der Waals surface area contributed by atoms with Gasteiger partial charge in [-0.3, -0.25) is 9.69 Å². The summed E-state index contributed by atoms with van der Waals surface area (Å²) < 4.78 is 40.6. The van der Waals surface area contributed by atoms with Crippen LogP contribution in [0.5, 0.6) is 0 Å². The number of anilines is 2. The molecule has 1 aliphatic heterocycles. The molecule has 314 valence electrons. The van der Waals surface area contributed by atoms with Crippen LogP contribution in [-0.4, -0.2) is 119 Å². The number of alkyl halides is 3. The molecule has 1 saturated carbocycles. The van der Waals surface area contributed by atoms with Crippen LogP contribution in [0.25, 0.3) is 22.3 Å². The first-order chi connectivity index (χ1) is 27.8. The largest absolute Gasteiger partial charge is 0.478 e. The number of nitrogens with one attached hydrogen (secondary N) is 1. The molecular formula is C38H40ClF3N8O9. The number of benzene rings is 2. The van der Waals surface area contributed by atoms with Gasteiger partial charge in [0.05, 0.1) is 27.7 Å². The lowest BCUT2D eigenvalue weighted by Gasteiger charge is -2.41. The Morgan fingerprint density at radius 1 is 0.797 bits per heavy atom. The molecule has 59 heavy (non-hydrogen) atoms. The van der Waals surface area contributed by atoms with E-state index in [4.69, 9.17) is 42.9 Å². The predicted molar refractivity (Wildman–Crippen MR) is 209 cm³/mol. The molecule has 0 spiro atoms. The summed E-state index contributed by atoms with van der Waals surface area (Å²) in [4.78, 5) is 64.7. The number of carbonyl (C=O) groups is 5. The Bertz CT molecular complexity index is 2150. The fourth-order valence-corrected chi connectivity index (χ4v) is 6.59. The van der Waals surface area contributed by atoms with E-state index in [-0.39, 0.29) is 16.6 Å². The number of nitrogen functional groups attached to an aromatic ring is 1. The minimum Gasteiger partial charge on any atom is -0.478 e. The van der Waals surface area contributed by atoms with Crippen molar-refractivity contribution in [3.8, 4) is 11.3 Å². The molecule has 2 fully saturated rings. The van der Waals surface area contributed by atoms with Gasteiger partial charge < -0.3 is 36.4 Å². The number of carboxylic acid groups (broad SMARTS) is 4. The number of halogens is 4. The molecule has 21 heteroatoms. The third kappa shape index (κ3) is 13.1. The van der Waals surface area contributed by atoms with Crippen molar-refractivity contribution in [3.63, 3.8) is 0 Å². The van der Waals surface area contributed by atoms with Gasteiger partial charge in [0, 0.05) is 67.7 Å². The number of carboxylic acids is 4. The molecule has 2 aliphatic rings. The summed E-state index contributed by atoms with van der Waals surface area (Å²) in [6.07, 6.45) is 3.33. The number of carbonyl (C=O) groups excluding carboxylic acids is 1. The van der Waals surface area contributed by atoms with E-state index in [0.717, 1.165) is 76.1 Å². The van der Waals surface area contributed by atoms with Crippen molar-refractivity contribution in [3.05, 3.63) is 89.2 Å². The highest BCUT2D eigenvalue weighted by molar-refractivity contribution is 6.34. The van der Waals surface area contributed by atoms with Gasteiger partial charge in [-0.1, -0.05) is 17.7 Å². The van der Waals surface area contributed by atoms with Gasteiger partial charge >= 0.3 is 30.1 Å². The number of aliphatic carboxylic acids is 4.